The van der Waals surface area contributed by atoms with Crippen LogP contribution in [-0.2, 0) is 0 Å². The number of aromatic nitrogens is 4. The molecule has 0 amide bonds. The summed E-state index contributed by atoms with van der Waals surface area (Å²) in [7, 11) is 1.69. The monoisotopic (exact) mass is 443 g/mol. The number of fused-ring (bicyclic) bond motifs is 4. The van der Waals surface area contributed by atoms with E-state index in [1.165, 1.54) is 6.07 Å². The second-order valence-electron chi connectivity index (χ2n) is 8.23. The highest BCUT2D eigenvalue weighted by Crippen LogP contribution is 2.38. The van der Waals surface area contributed by atoms with Gasteiger partial charge in [0.05, 0.1) is 28.3 Å². The van der Waals surface area contributed by atoms with Crippen LogP contribution in [0.15, 0.2) is 48.7 Å². The molecule has 8 nitrogen and oxygen atoms in total. The zero-order valence-corrected chi connectivity index (χ0v) is 18.0. The highest BCUT2D eigenvalue weighted by Gasteiger charge is 2.26. The molecule has 1 aliphatic rings. The van der Waals surface area contributed by atoms with Gasteiger partial charge in [0.15, 0.2) is 0 Å². The van der Waals surface area contributed by atoms with E-state index in [0.717, 1.165) is 40.5 Å². The number of ether oxygens (including phenoxy) is 1. The quantitative estimate of drug-likeness (QED) is 0.383. The van der Waals surface area contributed by atoms with Gasteiger partial charge in [-0.1, -0.05) is 18.2 Å². The van der Waals surface area contributed by atoms with Crippen molar-refractivity contribution < 1.29 is 9.13 Å². The van der Waals surface area contributed by atoms with Crippen LogP contribution < -0.4 is 20.7 Å². The molecule has 33 heavy (non-hydrogen) atoms. The van der Waals surface area contributed by atoms with E-state index in [9.17, 15) is 4.39 Å². The molecule has 6 rings (SSSR count). The lowest BCUT2D eigenvalue weighted by Gasteiger charge is -2.18. The number of para-hydroxylation sites is 1. The number of rotatable bonds is 4. The number of hydrogen-bond donors (Lipinski definition) is 3. The maximum atomic E-state index is 14.4. The van der Waals surface area contributed by atoms with Crippen LogP contribution in [0, 0.1) is 5.82 Å². The van der Waals surface area contributed by atoms with Gasteiger partial charge in [0.1, 0.15) is 23.0 Å². The lowest BCUT2D eigenvalue weighted by molar-refractivity contribution is 0.443. The Kier molecular flexibility index (Phi) is 4.51. The van der Waals surface area contributed by atoms with Crippen molar-refractivity contribution >= 4 is 44.3 Å². The van der Waals surface area contributed by atoms with Gasteiger partial charge >= 0.3 is 6.01 Å². The lowest BCUT2D eigenvalue weighted by Crippen LogP contribution is -2.27. The van der Waals surface area contributed by atoms with Gasteiger partial charge in [-0.15, -0.1) is 0 Å². The predicted molar refractivity (Wildman–Crippen MR) is 128 cm³/mol. The molecule has 0 spiro atoms. The summed E-state index contributed by atoms with van der Waals surface area (Å²) in [4.78, 5) is 19.2. The Morgan fingerprint density at radius 2 is 2.09 bits per heavy atom. The van der Waals surface area contributed by atoms with Gasteiger partial charge in [-0.3, -0.25) is 4.98 Å². The van der Waals surface area contributed by atoms with E-state index in [0.29, 0.717) is 29.1 Å². The minimum atomic E-state index is -0.340. The Bertz CT molecular complexity index is 1520. The summed E-state index contributed by atoms with van der Waals surface area (Å²) in [6.07, 6.45) is 2.52. The Balaban J connectivity index is 1.52. The maximum absolute atomic E-state index is 14.4. The smallest absolute Gasteiger partial charge is 0.326 e. The number of anilines is 2. The van der Waals surface area contributed by atoms with Gasteiger partial charge < -0.3 is 25.7 Å². The molecular formula is C24H22FN7O. The summed E-state index contributed by atoms with van der Waals surface area (Å²) < 4.78 is 20.5. The van der Waals surface area contributed by atoms with Crippen LogP contribution in [0.25, 0.3) is 32.8 Å². The van der Waals surface area contributed by atoms with Crippen molar-refractivity contribution in [2.45, 2.75) is 12.5 Å². The summed E-state index contributed by atoms with van der Waals surface area (Å²) in [5.74, 6) is 0.916. The summed E-state index contributed by atoms with van der Waals surface area (Å²) in [5, 5.41) is 5.56. The SMILES string of the molecule is CNc1c(F)ccc2c1[nH]c1nc(Oc3cnc4ccccc4c3)nc(N3CC[C@@H](N)C3)c12. The molecule has 3 aromatic heterocycles. The second kappa shape index (κ2) is 7.56. The molecule has 5 aromatic rings. The third-order valence-electron chi connectivity index (χ3n) is 6.09. The number of hydrogen-bond acceptors (Lipinski definition) is 7. The molecule has 4 N–H and O–H groups in total. The normalized spacial score (nSPS) is 16.2. The van der Waals surface area contributed by atoms with Gasteiger partial charge in [0, 0.05) is 37.0 Å². The first-order valence-corrected chi connectivity index (χ1v) is 10.8. The van der Waals surface area contributed by atoms with E-state index in [1.807, 2.05) is 30.3 Å². The Morgan fingerprint density at radius 1 is 1.21 bits per heavy atom. The zero-order valence-electron chi connectivity index (χ0n) is 18.0. The number of nitrogens with two attached hydrogens (primary N) is 1. The first-order chi connectivity index (χ1) is 16.1. The fourth-order valence-corrected chi connectivity index (χ4v) is 4.51. The fourth-order valence-electron chi connectivity index (χ4n) is 4.51. The molecule has 1 aliphatic heterocycles. The fraction of sp³-hybridized carbons (Fsp3) is 0.208. The Hall–Kier alpha value is -3.98. The van der Waals surface area contributed by atoms with Crippen molar-refractivity contribution in [2.24, 2.45) is 5.73 Å². The van der Waals surface area contributed by atoms with Crippen molar-refractivity contribution in [1.82, 2.24) is 19.9 Å². The van der Waals surface area contributed by atoms with Gasteiger partial charge in [0.25, 0.3) is 0 Å². The molecular weight excluding hydrogens is 421 g/mol. The van der Waals surface area contributed by atoms with E-state index in [-0.39, 0.29) is 17.9 Å². The third kappa shape index (κ3) is 3.28. The average Bonchev–Trinajstić information content (AvgIpc) is 3.42. The van der Waals surface area contributed by atoms with Crippen LogP contribution in [0.1, 0.15) is 6.42 Å². The number of pyridine rings is 1. The van der Waals surface area contributed by atoms with Gasteiger partial charge in [-0.2, -0.15) is 9.97 Å². The molecule has 0 radical (unpaired) electrons. The van der Waals surface area contributed by atoms with Crippen LogP contribution >= 0.6 is 0 Å². The third-order valence-corrected chi connectivity index (χ3v) is 6.09. The largest absolute Gasteiger partial charge is 0.423 e. The molecule has 1 saturated heterocycles. The Labute approximate surface area is 188 Å². The standard InChI is InChI=1S/C24H22FN7O/c1-27-21-17(25)7-6-16-19-22(29-20(16)21)30-24(31-23(19)32-9-8-14(26)12-32)33-15-10-13-4-2-3-5-18(13)28-11-15/h2-7,10-11,14,27H,8-9,12,26H2,1H3,(H,29,30,31)/t14-/m1/s1. The van der Waals surface area contributed by atoms with Gasteiger partial charge in [-0.05, 0) is 30.7 Å². The molecule has 9 heteroatoms. The van der Waals surface area contributed by atoms with Crippen molar-refractivity contribution in [1.29, 1.82) is 0 Å². The number of nitrogens with one attached hydrogen (secondary N) is 2. The minimum Gasteiger partial charge on any atom is -0.423 e. The van der Waals surface area contributed by atoms with Crippen LogP contribution in [0.5, 0.6) is 11.8 Å². The predicted octanol–water partition coefficient (Wildman–Crippen LogP) is 4.17. The summed E-state index contributed by atoms with van der Waals surface area (Å²) >= 11 is 0. The molecule has 2 aromatic carbocycles. The van der Waals surface area contributed by atoms with Crippen molar-refractivity contribution in [3.05, 3.63) is 54.5 Å². The van der Waals surface area contributed by atoms with Crippen LogP contribution in [0.2, 0.25) is 0 Å². The highest BCUT2D eigenvalue weighted by molar-refractivity contribution is 6.14. The summed E-state index contributed by atoms with van der Waals surface area (Å²) in [6, 6.07) is 13.2. The summed E-state index contributed by atoms with van der Waals surface area (Å²) in [6.45, 7) is 1.45. The van der Waals surface area contributed by atoms with Crippen LogP contribution in [0.3, 0.4) is 0 Å². The molecule has 0 bridgehead atoms. The minimum absolute atomic E-state index is 0.0691. The number of aromatic amines is 1. The number of H-pyrrole nitrogens is 1. The second-order valence-corrected chi connectivity index (χ2v) is 8.23. The topological polar surface area (TPSA) is 105 Å². The van der Waals surface area contributed by atoms with E-state index in [2.05, 4.69) is 25.2 Å². The molecule has 166 valence electrons. The van der Waals surface area contributed by atoms with Crippen molar-refractivity contribution in [2.75, 3.05) is 30.4 Å². The van der Waals surface area contributed by atoms with Crippen LogP contribution in [-0.4, -0.2) is 46.1 Å². The van der Waals surface area contributed by atoms with Gasteiger partial charge in [0.2, 0.25) is 0 Å². The van der Waals surface area contributed by atoms with Crippen molar-refractivity contribution in [3.8, 4) is 11.8 Å². The lowest BCUT2D eigenvalue weighted by atomic mass is 10.1. The van der Waals surface area contributed by atoms with Crippen LogP contribution in [0.4, 0.5) is 15.9 Å². The first kappa shape index (κ1) is 19.7. The number of halogens is 1. The molecule has 0 unspecified atom stereocenters. The first-order valence-electron chi connectivity index (χ1n) is 10.8. The van der Waals surface area contributed by atoms with Crippen molar-refractivity contribution in [3.63, 3.8) is 0 Å². The van der Waals surface area contributed by atoms with Gasteiger partial charge in [-0.25, -0.2) is 4.39 Å². The van der Waals surface area contributed by atoms with E-state index in [4.69, 9.17) is 15.5 Å². The average molecular weight is 443 g/mol. The number of benzene rings is 2. The molecule has 0 aliphatic carbocycles. The highest BCUT2D eigenvalue weighted by atomic mass is 19.1. The Morgan fingerprint density at radius 3 is 2.91 bits per heavy atom. The van der Waals surface area contributed by atoms with E-state index >= 15 is 0 Å². The molecule has 1 fully saturated rings. The number of nitrogens with zero attached hydrogens (tertiary/aromatic N) is 4. The maximum Gasteiger partial charge on any atom is 0.326 e. The molecule has 4 heterocycles. The summed E-state index contributed by atoms with van der Waals surface area (Å²) in [5.41, 5.74) is 8.65. The van der Waals surface area contributed by atoms with E-state index < -0.39 is 0 Å². The molecule has 1 atom stereocenters. The zero-order chi connectivity index (χ0) is 22.5. The molecule has 0 saturated carbocycles. The van der Waals surface area contributed by atoms with E-state index in [1.54, 1.807) is 19.3 Å².